The largest absolute Gasteiger partial charge is 0.384 e. The number of nitrogens with one attached hydrogen (secondary N) is 1. The van der Waals surface area contributed by atoms with Gasteiger partial charge in [-0.1, -0.05) is 0 Å². The number of ether oxygens (including phenoxy) is 1. The Labute approximate surface area is 103 Å². The van der Waals surface area contributed by atoms with E-state index in [1.165, 1.54) is 7.11 Å². The first kappa shape index (κ1) is 13.2. The highest BCUT2D eigenvalue weighted by Gasteiger charge is 2.38. The smallest absolute Gasteiger partial charge is 0.216 e. The van der Waals surface area contributed by atoms with Crippen LogP contribution in [0.3, 0.4) is 0 Å². The van der Waals surface area contributed by atoms with Gasteiger partial charge in [0, 0.05) is 52.4 Å². The monoisotopic (exact) mass is 263 g/mol. The van der Waals surface area contributed by atoms with E-state index in [1.54, 1.807) is 4.31 Å². The highest BCUT2D eigenvalue weighted by molar-refractivity contribution is 7.89. The van der Waals surface area contributed by atoms with Crippen molar-refractivity contribution >= 4 is 10.0 Å². The molecule has 0 aromatic carbocycles. The number of hydrogen-bond donors (Lipinski definition) is 1. The van der Waals surface area contributed by atoms with Crippen LogP contribution in [0.4, 0.5) is 0 Å². The van der Waals surface area contributed by atoms with Gasteiger partial charge in [-0.3, -0.25) is 4.90 Å². The van der Waals surface area contributed by atoms with Crippen LogP contribution < -0.4 is 5.32 Å². The van der Waals surface area contributed by atoms with Crippen LogP contribution in [0.25, 0.3) is 0 Å². The number of piperazine rings is 1. The Morgan fingerprint density at radius 3 is 2.53 bits per heavy atom. The van der Waals surface area contributed by atoms with E-state index in [-0.39, 0.29) is 12.4 Å². The first-order chi connectivity index (χ1) is 8.13. The fourth-order valence-electron chi connectivity index (χ4n) is 2.24. The molecular weight excluding hydrogens is 242 g/mol. The predicted octanol–water partition coefficient (Wildman–Crippen LogP) is -1.45. The normalized spacial score (nSPS) is 24.8. The molecule has 2 saturated heterocycles. The maximum atomic E-state index is 11.8. The average Bonchev–Trinajstić information content (AvgIpc) is 2.25. The summed E-state index contributed by atoms with van der Waals surface area (Å²) in [4.78, 5) is 2.37. The van der Waals surface area contributed by atoms with E-state index in [0.29, 0.717) is 19.1 Å². The Kier molecular flexibility index (Phi) is 4.37. The second-order valence-corrected chi connectivity index (χ2v) is 6.65. The van der Waals surface area contributed by atoms with Gasteiger partial charge in [-0.05, 0) is 0 Å². The van der Waals surface area contributed by atoms with Crippen molar-refractivity contribution in [1.82, 2.24) is 14.5 Å². The van der Waals surface area contributed by atoms with Crippen LogP contribution in [-0.2, 0) is 14.8 Å². The average molecular weight is 263 g/mol. The van der Waals surface area contributed by atoms with E-state index in [0.717, 1.165) is 26.2 Å². The first-order valence-corrected chi connectivity index (χ1v) is 7.66. The highest BCUT2D eigenvalue weighted by Crippen LogP contribution is 2.19. The Hall–Kier alpha value is -0.210. The van der Waals surface area contributed by atoms with Crippen LogP contribution in [0, 0.1) is 0 Å². The van der Waals surface area contributed by atoms with Gasteiger partial charge in [0.15, 0.2) is 0 Å². The summed E-state index contributed by atoms with van der Waals surface area (Å²) in [6.07, 6.45) is 0. The number of rotatable bonds is 5. The van der Waals surface area contributed by atoms with Gasteiger partial charge >= 0.3 is 0 Å². The molecule has 0 aromatic heterocycles. The summed E-state index contributed by atoms with van der Waals surface area (Å²) in [5.74, 6) is 0.0950. The van der Waals surface area contributed by atoms with Crippen molar-refractivity contribution in [2.24, 2.45) is 0 Å². The Morgan fingerprint density at radius 2 is 1.94 bits per heavy atom. The van der Waals surface area contributed by atoms with Crippen molar-refractivity contribution in [3.63, 3.8) is 0 Å². The lowest BCUT2D eigenvalue weighted by atomic mass is 10.1. The molecule has 0 unspecified atom stereocenters. The van der Waals surface area contributed by atoms with Crippen molar-refractivity contribution in [3.05, 3.63) is 0 Å². The van der Waals surface area contributed by atoms with E-state index in [9.17, 15) is 8.42 Å². The quantitative estimate of drug-likeness (QED) is 0.658. The molecular formula is C10H21N3O3S. The van der Waals surface area contributed by atoms with Crippen LogP contribution >= 0.6 is 0 Å². The maximum absolute atomic E-state index is 11.8. The second-order valence-electron chi connectivity index (χ2n) is 4.57. The van der Waals surface area contributed by atoms with Gasteiger partial charge in [0.1, 0.15) is 0 Å². The third-order valence-corrected chi connectivity index (χ3v) is 5.20. The molecule has 2 aliphatic rings. The van der Waals surface area contributed by atoms with Gasteiger partial charge in [0.2, 0.25) is 10.0 Å². The standard InChI is InChI=1S/C10H21N3O3S/c1-16-6-7-17(14,15)13-8-10(9-13)12-4-2-11-3-5-12/h10-11H,2-9H2,1H3. The zero-order valence-electron chi connectivity index (χ0n) is 10.3. The predicted molar refractivity (Wildman–Crippen MR) is 65.5 cm³/mol. The molecule has 2 heterocycles. The van der Waals surface area contributed by atoms with Gasteiger partial charge in [0.05, 0.1) is 12.4 Å². The minimum absolute atomic E-state index is 0.0950. The third-order valence-electron chi connectivity index (χ3n) is 3.44. The summed E-state index contributed by atoms with van der Waals surface area (Å²) in [7, 11) is -1.57. The fourth-order valence-corrected chi connectivity index (χ4v) is 3.67. The van der Waals surface area contributed by atoms with E-state index in [2.05, 4.69) is 10.2 Å². The molecule has 0 aromatic rings. The van der Waals surface area contributed by atoms with E-state index in [4.69, 9.17) is 4.74 Å². The number of hydrogen-bond acceptors (Lipinski definition) is 5. The van der Waals surface area contributed by atoms with Crippen LogP contribution in [0.15, 0.2) is 0 Å². The molecule has 1 N–H and O–H groups in total. The molecule has 2 fully saturated rings. The topological polar surface area (TPSA) is 61.9 Å². The zero-order valence-corrected chi connectivity index (χ0v) is 11.1. The van der Waals surface area contributed by atoms with Crippen molar-refractivity contribution < 1.29 is 13.2 Å². The van der Waals surface area contributed by atoms with Gasteiger partial charge in [-0.15, -0.1) is 0 Å². The zero-order chi connectivity index (χ0) is 12.3. The van der Waals surface area contributed by atoms with E-state index >= 15 is 0 Å². The van der Waals surface area contributed by atoms with Gasteiger partial charge < -0.3 is 10.1 Å². The summed E-state index contributed by atoms with van der Waals surface area (Å²) >= 11 is 0. The molecule has 0 aliphatic carbocycles. The van der Waals surface area contributed by atoms with Gasteiger partial charge in [0.25, 0.3) is 0 Å². The molecule has 7 heteroatoms. The van der Waals surface area contributed by atoms with Crippen LogP contribution in [0.2, 0.25) is 0 Å². The molecule has 6 nitrogen and oxygen atoms in total. The lowest BCUT2D eigenvalue weighted by Gasteiger charge is -2.45. The minimum atomic E-state index is -3.09. The molecule has 17 heavy (non-hydrogen) atoms. The summed E-state index contributed by atoms with van der Waals surface area (Å²) in [6.45, 7) is 5.63. The summed E-state index contributed by atoms with van der Waals surface area (Å²) in [5, 5.41) is 3.30. The minimum Gasteiger partial charge on any atom is -0.384 e. The molecule has 2 rings (SSSR count). The lowest BCUT2D eigenvalue weighted by Crippen LogP contribution is -2.64. The molecule has 0 bridgehead atoms. The van der Waals surface area contributed by atoms with Crippen molar-refractivity contribution in [3.8, 4) is 0 Å². The molecule has 0 spiro atoms. The fraction of sp³-hybridized carbons (Fsp3) is 1.00. The Bertz CT molecular complexity index is 335. The summed E-state index contributed by atoms with van der Waals surface area (Å²) < 4.78 is 30.0. The van der Waals surface area contributed by atoms with Crippen LogP contribution in [0.1, 0.15) is 0 Å². The lowest BCUT2D eigenvalue weighted by molar-refractivity contribution is 0.0768. The van der Waals surface area contributed by atoms with Crippen molar-refractivity contribution in [2.45, 2.75) is 6.04 Å². The van der Waals surface area contributed by atoms with Gasteiger partial charge in [-0.25, -0.2) is 8.42 Å². The molecule has 0 radical (unpaired) electrons. The number of methoxy groups -OCH3 is 1. The molecule has 0 amide bonds. The summed E-state index contributed by atoms with van der Waals surface area (Å²) in [5.41, 5.74) is 0. The maximum Gasteiger partial charge on any atom is 0.216 e. The second kappa shape index (κ2) is 5.62. The summed E-state index contributed by atoms with van der Waals surface area (Å²) in [6, 6.07) is 0.411. The molecule has 0 atom stereocenters. The van der Waals surface area contributed by atoms with E-state index in [1.807, 2.05) is 0 Å². The SMILES string of the molecule is COCCS(=O)(=O)N1CC(N2CCNCC2)C1. The Balaban J connectivity index is 1.77. The number of nitrogens with zero attached hydrogens (tertiary/aromatic N) is 2. The highest BCUT2D eigenvalue weighted by atomic mass is 32.2. The molecule has 2 aliphatic heterocycles. The van der Waals surface area contributed by atoms with Crippen LogP contribution in [0.5, 0.6) is 0 Å². The first-order valence-electron chi connectivity index (χ1n) is 6.05. The van der Waals surface area contributed by atoms with Crippen molar-refractivity contribution in [1.29, 1.82) is 0 Å². The number of sulfonamides is 1. The van der Waals surface area contributed by atoms with Crippen LogP contribution in [-0.4, -0.2) is 82.4 Å². The molecule has 0 saturated carbocycles. The third kappa shape index (κ3) is 3.17. The molecule has 100 valence electrons. The van der Waals surface area contributed by atoms with Gasteiger partial charge in [-0.2, -0.15) is 4.31 Å². The van der Waals surface area contributed by atoms with E-state index < -0.39 is 10.0 Å². The Morgan fingerprint density at radius 1 is 1.29 bits per heavy atom. The van der Waals surface area contributed by atoms with Crippen molar-refractivity contribution in [2.75, 3.05) is 58.7 Å².